The molecule has 216 valence electrons. The SMILES string of the molecule is CCC(Oc1ncc(Cl)cc1Cl)C(=O)NCc1cccc(C(=O)N2CC3(CN(Cc4cc(F)c(O)c(F)c4)C3)C2)c1. The number of likely N-dealkylation sites (tertiary alicyclic amines) is 2. The van der Waals surface area contributed by atoms with E-state index in [1.165, 1.54) is 12.3 Å². The highest BCUT2D eigenvalue weighted by Crippen LogP contribution is 2.41. The Hall–Kier alpha value is -3.47. The molecule has 1 aromatic heterocycles. The van der Waals surface area contributed by atoms with Crippen molar-refractivity contribution in [1.29, 1.82) is 0 Å². The Morgan fingerprint density at radius 2 is 1.80 bits per heavy atom. The number of amides is 2. The number of rotatable bonds is 9. The topological polar surface area (TPSA) is 95.0 Å². The van der Waals surface area contributed by atoms with Gasteiger partial charge in [-0.05, 0) is 47.9 Å². The minimum Gasteiger partial charge on any atom is -0.503 e. The van der Waals surface area contributed by atoms with Gasteiger partial charge in [-0.1, -0.05) is 42.3 Å². The van der Waals surface area contributed by atoms with Crippen molar-refractivity contribution >= 4 is 35.0 Å². The van der Waals surface area contributed by atoms with Crippen molar-refractivity contribution in [2.45, 2.75) is 32.5 Å². The molecule has 2 amide bonds. The predicted octanol–water partition coefficient (Wildman–Crippen LogP) is 4.80. The van der Waals surface area contributed by atoms with Crippen LogP contribution in [0.15, 0.2) is 48.7 Å². The lowest BCUT2D eigenvalue weighted by Crippen LogP contribution is -2.72. The second-order valence-electron chi connectivity index (χ2n) is 10.6. The van der Waals surface area contributed by atoms with Crippen LogP contribution >= 0.6 is 23.2 Å². The monoisotopic (exact) mass is 604 g/mol. The summed E-state index contributed by atoms with van der Waals surface area (Å²) in [4.78, 5) is 33.7. The fourth-order valence-corrected chi connectivity index (χ4v) is 5.76. The number of ether oxygens (including phenoxy) is 1. The number of hydrogen-bond acceptors (Lipinski definition) is 6. The maximum atomic E-state index is 13.6. The zero-order valence-corrected chi connectivity index (χ0v) is 23.7. The second kappa shape index (κ2) is 11.8. The molecule has 5 rings (SSSR count). The van der Waals surface area contributed by atoms with Gasteiger partial charge < -0.3 is 20.1 Å². The van der Waals surface area contributed by atoms with E-state index in [2.05, 4.69) is 15.2 Å². The molecule has 2 N–H and O–H groups in total. The summed E-state index contributed by atoms with van der Waals surface area (Å²) in [5, 5.41) is 12.7. The Morgan fingerprint density at radius 1 is 1.10 bits per heavy atom. The number of hydrogen-bond donors (Lipinski definition) is 2. The Balaban J connectivity index is 1.10. The Kier molecular flexibility index (Phi) is 8.35. The van der Waals surface area contributed by atoms with E-state index in [1.54, 1.807) is 23.1 Å². The molecule has 2 aromatic carbocycles. The first-order chi connectivity index (χ1) is 19.6. The van der Waals surface area contributed by atoms with Gasteiger partial charge in [-0.3, -0.25) is 14.5 Å². The minimum absolute atomic E-state index is 0.0216. The van der Waals surface area contributed by atoms with Crippen LogP contribution in [-0.2, 0) is 17.9 Å². The summed E-state index contributed by atoms with van der Waals surface area (Å²) in [7, 11) is 0. The van der Waals surface area contributed by atoms with Crippen molar-refractivity contribution in [3.05, 3.63) is 87.0 Å². The zero-order valence-electron chi connectivity index (χ0n) is 22.2. The smallest absolute Gasteiger partial charge is 0.261 e. The van der Waals surface area contributed by atoms with Crippen molar-refractivity contribution in [2.24, 2.45) is 5.41 Å². The first-order valence-electron chi connectivity index (χ1n) is 13.1. The van der Waals surface area contributed by atoms with Crippen molar-refractivity contribution in [3.8, 4) is 11.6 Å². The Morgan fingerprint density at radius 3 is 2.46 bits per heavy atom. The van der Waals surface area contributed by atoms with Gasteiger partial charge in [-0.2, -0.15) is 0 Å². The lowest BCUT2D eigenvalue weighted by Gasteiger charge is -2.60. The van der Waals surface area contributed by atoms with E-state index >= 15 is 0 Å². The molecule has 0 aliphatic carbocycles. The number of aromatic hydroxyl groups is 1. The fourth-order valence-electron chi connectivity index (χ4n) is 5.33. The first-order valence-corrected chi connectivity index (χ1v) is 13.8. The number of phenolic OH excluding ortho intramolecular Hbond substituents is 1. The van der Waals surface area contributed by atoms with Crippen LogP contribution in [0.4, 0.5) is 8.78 Å². The average molecular weight is 605 g/mol. The molecule has 3 aromatic rings. The number of aromatic nitrogens is 1. The van der Waals surface area contributed by atoms with E-state index in [9.17, 15) is 23.5 Å². The number of halogens is 4. The molecule has 1 unspecified atom stereocenters. The van der Waals surface area contributed by atoms with Gasteiger partial charge in [0.25, 0.3) is 11.8 Å². The highest BCUT2D eigenvalue weighted by atomic mass is 35.5. The Labute approximate surface area is 245 Å². The normalized spacial score (nSPS) is 16.6. The molecule has 2 saturated heterocycles. The largest absolute Gasteiger partial charge is 0.503 e. The molecule has 8 nitrogen and oxygen atoms in total. The number of carbonyl (C=O) groups excluding carboxylic acids is 2. The molecule has 3 heterocycles. The average Bonchev–Trinajstić information content (AvgIpc) is 2.90. The summed E-state index contributed by atoms with van der Waals surface area (Å²) in [5.74, 6) is -3.23. The highest BCUT2D eigenvalue weighted by molar-refractivity contribution is 6.35. The molecule has 1 atom stereocenters. The zero-order chi connectivity index (χ0) is 29.3. The lowest BCUT2D eigenvalue weighted by atomic mass is 9.72. The molecule has 0 bridgehead atoms. The van der Waals surface area contributed by atoms with Crippen LogP contribution in [0.2, 0.25) is 10.0 Å². The van der Waals surface area contributed by atoms with Gasteiger partial charge in [0, 0.05) is 56.4 Å². The molecule has 0 saturated carbocycles. The van der Waals surface area contributed by atoms with E-state index in [4.69, 9.17) is 27.9 Å². The van der Waals surface area contributed by atoms with Crippen LogP contribution in [0.25, 0.3) is 0 Å². The molecular weight excluding hydrogens is 577 g/mol. The van der Waals surface area contributed by atoms with Gasteiger partial charge >= 0.3 is 0 Å². The van der Waals surface area contributed by atoms with Gasteiger partial charge in [-0.15, -0.1) is 0 Å². The summed E-state index contributed by atoms with van der Waals surface area (Å²) < 4.78 is 32.9. The third-order valence-corrected chi connectivity index (χ3v) is 7.75. The summed E-state index contributed by atoms with van der Waals surface area (Å²) in [6, 6.07) is 10.9. The van der Waals surface area contributed by atoms with Crippen LogP contribution in [0.1, 0.15) is 34.8 Å². The van der Waals surface area contributed by atoms with Crippen molar-refractivity contribution < 1.29 is 28.2 Å². The van der Waals surface area contributed by atoms with Crippen molar-refractivity contribution in [1.82, 2.24) is 20.1 Å². The number of pyridine rings is 1. The van der Waals surface area contributed by atoms with E-state index in [-0.39, 0.29) is 34.7 Å². The van der Waals surface area contributed by atoms with E-state index < -0.39 is 23.5 Å². The number of carbonyl (C=O) groups is 2. The summed E-state index contributed by atoms with van der Waals surface area (Å²) in [6.07, 6.45) is 0.971. The molecule has 41 heavy (non-hydrogen) atoms. The molecule has 2 fully saturated rings. The summed E-state index contributed by atoms with van der Waals surface area (Å²) >= 11 is 12.0. The quantitative estimate of drug-likeness (QED) is 0.364. The van der Waals surface area contributed by atoms with Crippen LogP contribution in [0.5, 0.6) is 11.6 Å². The molecular formula is C29H28Cl2F2N4O4. The van der Waals surface area contributed by atoms with Crippen LogP contribution in [0, 0.1) is 17.0 Å². The van der Waals surface area contributed by atoms with Crippen molar-refractivity contribution in [2.75, 3.05) is 26.2 Å². The van der Waals surface area contributed by atoms with Gasteiger partial charge in [0.1, 0.15) is 5.02 Å². The molecule has 1 spiro atoms. The number of phenols is 1. The number of nitrogens with zero attached hydrogens (tertiary/aromatic N) is 3. The van der Waals surface area contributed by atoms with E-state index in [0.717, 1.165) is 17.7 Å². The Bertz CT molecular complexity index is 1450. The van der Waals surface area contributed by atoms with Gasteiger partial charge in [0.15, 0.2) is 23.5 Å². The maximum Gasteiger partial charge on any atom is 0.261 e. The third-order valence-electron chi connectivity index (χ3n) is 7.27. The van der Waals surface area contributed by atoms with Crippen LogP contribution in [0.3, 0.4) is 0 Å². The van der Waals surface area contributed by atoms with Gasteiger partial charge in [-0.25, -0.2) is 13.8 Å². The number of benzene rings is 2. The molecule has 2 aliphatic heterocycles. The molecule has 2 aliphatic rings. The van der Waals surface area contributed by atoms with Crippen LogP contribution < -0.4 is 10.1 Å². The number of nitrogens with one attached hydrogen (secondary N) is 1. The summed E-state index contributed by atoms with van der Waals surface area (Å²) in [5.41, 5.74) is 1.72. The summed E-state index contributed by atoms with van der Waals surface area (Å²) in [6.45, 7) is 5.00. The maximum absolute atomic E-state index is 13.6. The van der Waals surface area contributed by atoms with Gasteiger partial charge in [0.2, 0.25) is 5.88 Å². The fraction of sp³-hybridized carbons (Fsp3) is 0.345. The second-order valence-corrected chi connectivity index (χ2v) is 11.4. The standard InChI is InChI=1S/C29H28Cl2F2N4O4/c1-2-24(41-27-21(31)9-20(30)11-35-27)26(39)34-10-17-4-3-5-19(6-17)28(40)37-15-29(16-37)13-36(14-29)12-18-7-22(32)25(38)23(33)8-18/h3-9,11,24,38H,2,10,12-16H2,1H3,(H,34,39). The van der Waals surface area contributed by atoms with Crippen LogP contribution in [-0.4, -0.2) is 64.0 Å². The lowest BCUT2D eigenvalue weighted by molar-refractivity contribution is -0.128. The predicted molar refractivity (Wildman–Crippen MR) is 149 cm³/mol. The van der Waals surface area contributed by atoms with E-state index in [1.807, 2.05) is 13.0 Å². The van der Waals surface area contributed by atoms with Crippen molar-refractivity contribution in [3.63, 3.8) is 0 Å². The van der Waals surface area contributed by atoms with E-state index in [0.29, 0.717) is 55.3 Å². The highest BCUT2D eigenvalue weighted by Gasteiger charge is 2.52. The third kappa shape index (κ3) is 6.39. The molecule has 12 heteroatoms. The van der Waals surface area contributed by atoms with Gasteiger partial charge in [0.05, 0.1) is 5.02 Å². The molecule has 0 radical (unpaired) electrons. The minimum atomic E-state index is -0.976. The first kappa shape index (κ1) is 29.0.